The lowest BCUT2D eigenvalue weighted by Gasteiger charge is -2.20. The maximum atomic E-state index is 13.4. The van der Waals surface area contributed by atoms with E-state index in [1.807, 2.05) is 37.3 Å². The van der Waals surface area contributed by atoms with Crippen molar-refractivity contribution in [2.45, 2.75) is 13.0 Å². The summed E-state index contributed by atoms with van der Waals surface area (Å²) in [7, 11) is 0. The highest BCUT2D eigenvalue weighted by Crippen LogP contribution is 2.25. The Morgan fingerprint density at radius 2 is 1.93 bits per heavy atom. The van der Waals surface area contributed by atoms with Crippen LogP contribution in [0.5, 0.6) is 0 Å². The molecule has 0 unspecified atom stereocenters. The van der Waals surface area contributed by atoms with Crippen molar-refractivity contribution in [1.29, 1.82) is 0 Å². The second kappa shape index (κ2) is 7.85. The third kappa shape index (κ3) is 3.45. The van der Waals surface area contributed by atoms with Crippen molar-refractivity contribution >= 4 is 34.3 Å². The van der Waals surface area contributed by atoms with E-state index in [2.05, 4.69) is 21.2 Å². The van der Waals surface area contributed by atoms with Crippen LogP contribution >= 0.6 is 11.6 Å². The van der Waals surface area contributed by atoms with Crippen LogP contribution in [0.3, 0.4) is 0 Å². The lowest BCUT2D eigenvalue weighted by molar-refractivity contribution is 0.730. The predicted octanol–water partition coefficient (Wildman–Crippen LogP) is 3.57. The van der Waals surface area contributed by atoms with E-state index in [0.717, 1.165) is 0 Å². The average molecular weight is 417 g/mol. The Morgan fingerprint density at radius 1 is 1.17 bits per heavy atom. The number of hydrogen-bond acceptors (Lipinski definition) is 6. The molecule has 1 atom stereocenters. The molecule has 2 aromatic heterocycles. The molecule has 0 radical (unpaired) electrons. The quantitative estimate of drug-likeness (QED) is 0.493. The number of nitrogen functional groups attached to an aromatic ring is 1. The lowest BCUT2D eigenvalue weighted by Crippen LogP contribution is -2.27. The van der Waals surface area contributed by atoms with Gasteiger partial charge in [0.2, 0.25) is 5.95 Å². The summed E-state index contributed by atoms with van der Waals surface area (Å²) >= 11 is 6.32. The van der Waals surface area contributed by atoms with Gasteiger partial charge in [-0.05, 0) is 31.2 Å². The minimum absolute atomic E-state index is 0.0856. The number of fused-ring (bicyclic) bond motifs is 1. The molecule has 0 aliphatic carbocycles. The molecule has 0 saturated carbocycles. The maximum absolute atomic E-state index is 13.4. The summed E-state index contributed by atoms with van der Waals surface area (Å²) in [6.45, 7) is 1.86. The Hall–Kier alpha value is -3.89. The Morgan fingerprint density at radius 3 is 2.67 bits per heavy atom. The molecule has 4 rings (SSSR count). The van der Waals surface area contributed by atoms with E-state index in [4.69, 9.17) is 28.7 Å². The standard InChI is InChI=1S/C22H17ClN6O/c1-3-14-12-25-22(24)28-19(14)26-13(2)20-27-17-11-7-10-16(23)18(17)21(30)29(20)15-8-5-4-6-9-15/h1,4-13H,2H3,(H3,24,25,26,28)/t13-/m1/s1. The third-order valence-corrected chi connectivity index (χ3v) is 4.91. The van der Waals surface area contributed by atoms with Crippen molar-refractivity contribution < 1.29 is 0 Å². The van der Waals surface area contributed by atoms with Crippen LogP contribution in [0.15, 0.2) is 59.5 Å². The predicted molar refractivity (Wildman–Crippen MR) is 119 cm³/mol. The summed E-state index contributed by atoms with van der Waals surface area (Å²) in [4.78, 5) is 26.3. The summed E-state index contributed by atoms with van der Waals surface area (Å²) in [6.07, 6.45) is 7.02. The number of aromatic nitrogens is 4. The van der Waals surface area contributed by atoms with Crippen LogP contribution in [0.4, 0.5) is 11.8 Å². The fraction of sp³-hybridized carbons (Fsp3) is 0.0909. The van der Waals surface area contributed by atoms with Crippen molar-refractivity contribution in [3.63, 3.8) is 0 Å². The lowest BCUT2D eigenvalue weighted by atomic mass is 10.2. The van der Waals surface area contributed by atoms with Crippen LogP contribution in [0.2, 0.25) is 5.02 Å². The molecule has 0 saturated heterocycles. The van der Waals surface area contributed by atoms with E-state index in [9.17, 15) is 4.79 Å². The first-order chi connectivity index (χ1) is 14.5. The van der Waals surface area contributed by atoms with Gasteiger partial charge in [-0.3, -0.25) is 9.36 Å². The Labute approximate surface area is 177 Å². The topological polar surface area (TPSA) is 98.7 Å². The monoisotopic (exact) mass is 416 g/mol. The molecular formula is C22H17ClN6O. The maximum Gasteiger partial charge on any atom is 0.267 e. The van der Waals surface area contributed by atoms with Crippen LogP contribution in [0, 0.1) is 12.3 Å². The zero-order valence-corrected chi connectivity index (χ0v) is 16.8. The van der Waals surface area contributed by atoms with Gasteiger partial charge in [-0.2, -0.15) is 4.98 Å². The van der Waals surface area contributed by atoms with E-state index in [1.54, 1.807) is 18.2 Å². The van der Waals surface area contributed by atoms with E-state index >= 15 is 0 Å². The highest BCUT2D eigenvalue weighted by atomic mass is 35.5. The first-order valence-electron chi connectivity index (χ1n) is 9.12. The van der Waals surface area contributed by atoms with Gasteiger partial charge in [0.15, 0.2) is 0 Å². The molecule has 0 fully saturated rings. The minimum atomic E-state index is -0.442. The fourth-order valence-electron chi connectivity index (χ4n) is 3.20. The summed E-state index contributed by atoms with van der Waals surface area (Å²) in [5.74, 6) is 3.47. The van der Waals surface area contributed by atoms with Gasteiger partial charge in [-0.25, -0.2) is 9.97 Å². The molecule has 7 nitrogen and oxygen atoms in total. The van der Waals surface area contributed by atoms with Crippen molar-refractivity contribution in [2.24, 2.45) is 0 Å². The highest BCUT2D eigenvalue weighted by Gasteiger charge is 2.20. The Balaban J connectivity index is 1.93. The van der Waals surface area contributed by atoms with Gasteiger partial charge in [0.05, 0.1) is 39.4 Å². The average Bonchev–Trinajstić information content (AvgIpc) is 2.74. The number of rotatable bonds is 4. The molecule has 0 bridgehead atoms. The molecule has 2 heterocycles. The molecule has 3 N–H and O–H groups in total. The van der Waals surface area contributed by atoms with Crippen molar-refractivity contribution in [2.75, 3.05) is 11.1 Å². The third-order valence-electron chi connectivity index (χ3n) is 4.59. The van der Waals surface area contributed by atoms with Gasteiger partial charge in [-0.1, -0.05) is 41.8 Å². The van der Waals surface area contributed by atoms with Crippen LogP contribution < -0.4 is 16.6 Å². The molecule has 0 spiro atoms. The fourth-order valence-corrected chi connectivity index (χ4v) is 3.46. The Bertz CT molecular complexity index is 1340. The number of nitrogens with zero attached hydrogens (tertiary/aromatic N) is 4. The van der Waals surface area contributed by atoms with Gasteiger partial charge in [0.1, 0.15) is 11.6 Å². The first-order valence-corrected chi connectivity index (χ1v) is 9.49. The summed E-state index contributed by atoms with van der Waals surface area (Å²) in [5.41, 5.74) is 7.07. The van der Waals surface area contributed by atoms with E-state index in [0.29, 0.717) is 38.8 Å². The van der Waals surface area contributed by atoms with Crippen LogP contribution in [-0.2, 0) is 0 Å². The van der Waals surface area contributed by atoms with Crippen molar-refractivity contribution in [1.82, 2.24) is 19.5 Å². The largest absolute Gasteiger partial charge is 0.368 e. The number of para-hydroxylation sites is 1. The number of nitrogens with one attached hydrogen (secondary N) is 1. The number of benzene rings is 2. The minimum Gasteiger partial charge on any atom is -0.368 e. The first kappa shape index (κ1) is 19.4. The van der Waals surface area contributed by atoms with Gasteiger partial charge < -0.3 is 11.1 Å². The summed E-state index contributed by atoms with van der Waals surface area (Å²) < 4.78 is 1.53. The number of anilines is 2. The van der Waals surface area contributed by atoms with E-state index in [1.165, 1.54) is 10.8 Å². The molecular weight excluding hydrogens is 400 g/mol. The molecule has 0 aliphatic heterocycles. The number of terminal acetylenes is 1. The van der Waals surface area contributed by atoms with Crippen LogP contribution in [0.25, 0.3) is 16.6 Å². The molecule has 8 heteroatoms. The molecule has 148 valence electrons. The van der Waals surface area contributed by atoms with Gasteiger partial charge in [0, 0.05) is 0 Å². The second-order valence-corrected chi connectivity index (χ2v) is 6.99. The highest BCUT2D eigenvalue weighted by molar-refractivity contribution is 6.35. The van der Waals surface area contributed by atoms with Crippen LogP contribution in [0.1, 0.15) is 24.4 Å². The second-order valence-electron chi connectivity index (χ2n) is 6.58. The number of hydrogen-bond donors (Lipinski definition) is 2. The van der Waals surface area contributed by atoms with Crippen molar-refractivity contribution in [3.8, 4) is 18.0 Å². The normalized spacial score (nSPS) is 11.8. The smallest absolute Gasteiger partial charge is 0.267 e. The van der Waals surface area contributed by atoms with Gasteiger partial charge in [0.25, 0.3) is 5.56 Å². The molecule has 0 amide bonds. The van der Waals surface area contributed by atoms with Gasteiger partial charge >= 0.3 is 0 Å². The zero-order valence-electron chi connectivity index (χ0n) is 16.0. The summed E-state index contributed by atoms with van der Waals surface area (Å²) in [5, 5.41) is 3.91. The number of nitrogens with two attached hydrogens (primary N) is 1. The molecule has 0 aliphatic rings. The summed E-state index contributed by atoms with van der Waals surface area (Å²) in [6, 6.07) is 14.0. The van der Waals surface area contributed by atoms with E-state index < -0.39 is 6.04 Å². The van der Waals surface area contributed by atoms with E-state index in [-0.39, 0.29) is 11.5 Å². The van der Waals surface area contributed by atoms with Crippen molar-refractivity contribution in [3.05, 3.63) is 81.5 Å². The SMILES string of the molecule is C#Cc1cnc(N)nc1N[C@H](C)c1nc2cccc(Cl)c2c(=O)n1-c1ccccc1. The van der Waals surface area contributed by atoms with Gasteiger partial charge in [-0.15, -0.1) is 6.42 Å². The molecule has 4 aromatic rings. The zero-order chi connectivity index (χ0) is 21.3. The number of halogens is 1. The van der Waals surface area contributed by atoms with Crippen LogP contribution in [-0.4, -0.2) is 19.5 Å². The Kier molecular flexibility index (Phi) is 5.09. The molecule has 2 aromatic carbocycles. The molecule has 30 heavy (non-hydrogen) atoms.